The first-order valence-electron chi connectivity index (χ1n) is 6.59. The van der Waals surface area contributed by atoms with E-state index in [9.17, 15) is 5.11 Å². The van der Waals surface area contributed by atoms with Crippen molar-refractivity contribution < 1.29 is 9.84 Å². The molecule has 2 aromatic rings. The van der Waals surface area contributed by atoms with E-state index in [0.717, 1.165) is 23.1 Å². The largest absolute Gasteiger partial charge is 0.504 e. The zero-order valence-corrected chi connectivity index (χ0v) is 13.0. The summed E-state index contributed by atoms with van der Waals surface area (Å²) in [5.41, 5.74) is 2.32. The number of aromatic hydroxyl groups is 1. The van der Waals surface area contributed by atoms with E-state index in [4.69, 9.17) is 4.74 Å². The van der Waals surface area contributed by atoms with Crippen molar-refractivity contribution in [2.45, 2.75) is 20.0 Å². The lowest BCUT2D eigenvalue weighted by Crippen LogP contribution is -2.12. The van der Waals surface area contributed by atoms with Crippen LogP contribution in [0.3, 0.4) is 0 Å². The molecule has 4 heteroatoms. The van der Waals surface area contributed by atoms with E-state index in [1.54, 1.807) is 6.07 Å². The Hall–Kier alpha value is -1.52. The van der Waals surface area contributed by atoms with Crippen LogP contribution < -0.4 is 10.1 Å². The van der Waals surface area contributed by atoms with E-state index < -0.39 is 0 Å². The smallest absolute Gasteiger partial charge is 0.161 e. The molecule has 0 saturated carbocycles. The van der Waals surface area contributed by atoms with Gasteiger partial charge in [0.15, 0.2) is 11.5 Å². The molecule has 0 aromatic heterocycles. The minimum absolute atomic E-state index is 0.184. The van der Waals surface area contributed by atoms with Crippen LogP contribution in [0.25, 0.3) is 0 Å². The maximum atomic E-state index is 9.65. The van der Waals surface area contributed by atoms with Crippen molar-refractivity contribution in [3.05, 3.63) is 58.1 Å². The Morgan fingerprint density at radius 3 is 2.40 bits per heavy atom. The Kier molecular flexibility index (Phi) is 5.44. The SMILES string of the molecule is CCOc1cc(CNCc2ccc(Br)cc2)ccc1O. The van der Waals surface area contributed by atoms with Crippen molar-refractivity contribution in [2.75, 3.05) is 6.61 Å². The normalized spacial score (nSPS) is 10.5. The van der Waals surface area contributed by atoms with Crippen LogP contribution in [0.2, 0.25) is 0 Å². The molecular formula is C16H18BrNO2. The summed E-state index contributed by atoms with van der Waals surface area (Å²) >= 11 is 3.42. The first kappa shape index (κ1) is 14.9. The Bertz CT molecular complexity index is 555. The molecule has 3 nitrogen and oxygen atoms in total. The molecule has 0 unspecified atom stereocenters. The number of hydrogen-bond donors (Lipinski definition) is 2. The zero-order chi connectivity index (χ0) is 14.4. The number of phenols is 1. The van der Waals surface area contributed by atoms with E-state index in [-0.39, 0.29) is 5.75 Å². The number of rotatable bonds is 6. The summed E-state index contributed by atoms with van der Waals surface area (Å²) in [5.74, 6) is 0.721. The first-order valence-corrected chi connectivity index (χ1v) is 7.38. The van der Waals surface area contributed by atoms with Gasteiger partial charge in [-0.2, -0.15) is 0 Å². The Labute approximate surface area is 127 Å². The van der Waals surface area contributed by atoms with Gasteiger partial charge in [0, 0.05) is 17.6 Å². The highest BCUT2D eigenvalue weighted by molar-refractivity contribution is 9.10. The van der Waals surface area contributed by atoms with Gasteiger partial charge in [0.2, 0.25) is 0 Å². The summed E-state index contributed by atoms with van der Waals surface area (Å²) in [7, 11) is 0. The third-order valence-electron chi connectivity index (χ3n) is 2.90. The maximum Gasteiger partial charge on any atom is 0.161 e. The number of benzene rings is 2. The zero-order valence-electron chi connectivity index (χ0n) is 11.4. The van der Waals surface area contributed by atoms with Crippen LogP contribution in [0.5, 0.6) is 11.5 Å². The third kappa shape index (κ3) is 4.25. The average molecular weight is 336 g/mol. The van der Waals surface area contributed by atoms with Crippen LogP contribution in [0, 0.1) is 0 Å². The molecule has 0 radical (unpaired) electrons. The highest BCUT2D eigenvalue weighted by Crippen LogP contribution is 2.26. The summed E-state index contributed by atoms with van der Waals surface area (Å²) in [6, 6.07) is 13.7. The second kappa shape index (κ2) is 7.31. The maximum absolute atomic E-state index is 9.65. The molecule has 106 valence electrons. The van der Waals surface area contributed by atoms with Gasteiger partial charge >= 0.3 is 0 Å². The number of nitrogens with one attached hydrogen (secondary N) is 1. The Morgan fingerprint density at radius 1 is 1.05 bits per heavy atom. The molecule has 2 N–H and O–H groups in total. The molecule has 0 aliphatic rings. The molecular weight excluding hydrogens is 318 g/mol. The van der Waals surface area contributed by atoms with Crippen LogP contribution in [-0.2, 0) is 13.1 Å². The second-order valence-electron chi connectivity index (χ2n) is 4.47. The van der Waals surface area contributed by atoms with Crippen molar-refractivity contribution in [3.8, 4) is 11.5 Å². The molecule has 0 saturated heterocycles. The number of ether oxygens (including phenoxy) is 1. The molecule has 0 aliphatic heterocycles. The molecule has 0 bridgehead atoms. The summed E-state index contributed by atoms with van der Waals surface area (Å²) in [4.78, 5) is 0. The summed E-state index contributed by atoms with van der Waals surface area (Å²) < 4.78 is 6.46. The molecule has 0 amide bonds. The molecule has 0 spiro atoms. The van der Waals surface area contributed by atoms with Gasteiger partial charge in [-0.1, -0.05) is 34.1 Å². The molecule has 0 atom stereocenters. The summed E-state index contributed by atoms with van der Waals surface area (Å²) in [6.07, 6.45) is 0. The fraction of sp³-hybridized carbons (Fsp3) is 0.250. The minimum Gasteiger partial charge on any atom is -0.504 e. The van der Waals surface area contributed by atoms with Gasteiger partial charge in [-0.3, -0.25) is 0 Å². The predicted molar refractivity (Wildman–Crippen MR) is 84.0 cm³/mol. The standard InChI is InChI=1S/C16H18BrNO2/c1-2-20-16-9-13(5-8-15(16)19)11-18-10-12-3-6-14(17)7-4-12/h3-9,18-19H,2,10-11H2,1H3. The second-order valence-corrected chi connectivity index (χ2v) is 5.38. The number of phenolic OH excluding ortho intramolecular Hbond substituents is 1. The average Bonchev–Trinajstić information content (AvgIpc) is 2.45. The molecule has 20 heavy (non-hydrogen) atoms. The minimum atomic E-state index is 0.184. The highest BCUT2D eigenvalue weighted by Gasteiger charge is 2.03. The van der Waals surface area contributed by atoms with Gasteiger partial charge < -0.3 is 15.2 Å². The van der Waals surface area contributed by atoms with Gasteiger partial charge in [-0.05, 0) is 42.3 Å². The Morgan fingerprint density at radius 2 is 1.70 bits per heavy atom. The Balaban J connectivity index is 1.90. The quantitative estimate of drug-likeness (QED) is 0.842. The third-order valence-corrected chi connectivity index (χ3v) is 3.42. The molecule has 0 fully saturated rings. The van der Waals surface area contributed by atoms with E-state index in [2.05, 4.69) is 33.4 Å². The van der Waals surface area contributed by atoms with Crippen molar-refractivity contribution >= 4 is 15.9 Å². The lowest BCUT2D eigenvalue weighted by atomic mass is 10.2. The fourth-order valence-electron chi connectivity index (χ4n) is 1.89. The van der Waals surface area contributed by atoms with Gasteiger partial charge in [-0.15, -0.1) is 0 Å². The van der Waals surface area contributed by atoms with Crippen LogP contribution >= 0.6 is 15.9 Å². The van der Waals surface area contributed by atoms with Gasteiger partial charge in [0.1, 0.15) is 0 Å². The number of halogens is 1. The van der Waals surface area contributed by atoms with E-state index in [0.29, 0.717) is 12.4 Å². The van der Waals surface area contributed by atoms with Gasteiger partial charge in [0.05, 0.1) is 6.61 Å². The molecule has 2 rings (SSSR count). The highest BCUT2D eigenvalue weighted by atomic mass is 79.9. The monoisotopic (exact) mass is 335 g/mol. The summed E-state index contributed by atoms with van der Waals surface area (Å²) in [5, 5.41) is 13.0. The fourth-order valence-corrected chi connectivity index (χ4v) is 2.16. The van der Waals surface area contributed by atoms with Crippen molar-refractivity contribution in [1.82, 2.24) is 5.32 Å². The van der Waals surface area contributed by atoms with Crippen molar-refractivity contribution in [1.29, 1.82) is 0 Å². The van der Waals surface area contributed by atoms with Crippen LogP contribution in [-0.4, -0.2) is 11.7 Å². The summed E-state index contributed by atoms with van der Waals surface area (Å²) in [6.45, 7) is 3.98. The van der Waals surface area contributed by atoms with Crippen LogP contribution in [0.1, 0.15) is 18.1 Å². The van der Waals surface area contributed by atoms with Crippen molar-refractivity contribution in [2.24, 2.45) is 0 Å². The lowest BCUT2D eigenvalue weighted by molar-refractivity contribution is 0.317. The molecule has 2 aromatic carbocycles. The van der Waals surface area contributed by atoms with Crippen LogP contribution in [0.15, 0.2) is 46.9 Å². The van der Waals surface area contributed by atoms with Crippen molar-refractivity contribution in [3.63, 3.8) is 0 Å². The van der Waals surface area contributed by atoms with Gasteiger partial charge in [-0.25, -0.2) is 0 Å². The van der Waals surface area contributed by atoms with E-state index in [1.807, 2.05) is 31.2 Å². The molecule has 0 heterocycles. The topological polar surface area (TPSA) is 41.5 Å². The van der Waals surface area contributed by atoms with Gasteiger partial charge in [0.25, 0.3) is 0 Å². The van der Waals surface area contributed by atoms with E-state index in [1.165, 1.54) is 5.56 Å². The van der Waals surface area contributed by atoms with Crippen LogP contribution in [0.4, 0.5) is 0 Å². The number of hydrogen-bond acceptors (Lipinski definition) is 3. The lowest BCUT2D eigenvalue weighted by Gasteiger charge is -2.09. The molecule has 0 aliphatic carbocycles. The first-order chi connectivity index (χ1) is 9.69. The van der Waals surface area contributed by atoms with E-state index >= 15 is 0 Å². The predicted octanol–water partition coefficient (Wildman–Crippen LogP) is 3.84.